The second kappa shape index (κ2) is 8.32. The fraction of sp³-hybridized carbons (Fsp3) is 0.895. The molecule has 0 aromatic carbocycles. The van der Waals surface area contributed by atoms with Crippen molar-refractivity contribution in [2.75, 3.05) is 45.8 Å². The number of nitrogens with zero attached hydrogens (tertiary/aromatic N) is 3. The molecule has 0 bridgehead atoms. The third-order valence-electron chi connectivity index (χ3n) is 6.24. The molecule has 5 heteroatoms. The summed E-state index contributed by atoms with van der Waals surface area (Å²) < 4.78 is 0. The van der Waals surface area contributed by atoms with Gasteiger partial charge < -0.3 is 14.7 Å². The molecule has 0 spiro atoms. The van der Waals surface area contributed by atoms with Crippen LogP contribution in [0.15, 0.2) is 0 Å². The maximum Gasteiger partial charge on any atom is 0.225 e. The summed E-state index contributed by atoms with van der Waals surface area (Å²) in [7, 11) is 0. The molecule has 0 aromatic heterocycles. The van der Waals surface area contributed by atoms with Gasteiger partial charge in [0, 0.05) is 51.1 Å². The van der Waals surface area contributed by atoms with Crippen LogP contribution in [0, 0.1) is 11.8 Å². The Morgan fingerprint density at radius 3 is 1.75 bits per heavy atom. The predicted octanol–water partition coefficient (Wildman–Crippen LogP) is 1.97. The molecule has 3 aliphatic rings. The molecule has 0 atom stereocenters. The molecular formula is C19H33N3O2. The number of piperazine rings is 1. The van der Waals surface area contributed by atoms with Gasteiger partial charge >= 0.3 is 0 Å². The van der Waals surface area contributed by atoms with Crippen molar-refractivity contribution < 1.29 is 9.59 Å². The minimum absolute atomic E-state index is 0.133. The van der Waals surface area contributed by atoms with Gasteiger partial charge in [0.2, 0.25) is 11.8 Å². The van der Waals surface area contributed by atoms with Crippen LogP contribution in [0.3, 0.4) is 0 Å². The number of carbonyl (C=O) groups excluding carboxylic acids is 2. The predicted molar refractivity (Wildman–Crippen MR) is 94.6 cm³/mol. The zero-order valence-electron chi connectivity index (χ0n) is 15.2. The third kappa shape index (κ3) is 4.11. The SMILES string of the molecule is CCN1CCN(C(=O)C2CCN(C(=O)C3CCCCC3)CC2)CC1. The van der Waals surface area contributed by atoms with Crippen LogP contribution >= 0.6 is 0 Å². The minimum Gasteiger partial charge on any atom is -0.342 e. The average Bonchev–Trinajstić information content (AvgIpc) is 2.68. The lowest BCUT2D eigenvalue weighted by atomic mass is 9.87. The number of likely N-dealkylation sites (tertiary alicyclic amines) is 1. The van der Waals surface area contributed by atoms with Gasteiger partial charge in [-0.05, 0) is 32.2 Å². The summed E-state index contributed by atoms with van der Waals surface area (Å²) in [6, 6.07) is 0. The summed E-state index contributed by atoms with van der Waals surface area (Å²) in [5, 5.41) is 0. The Kier molecular flexibility index (Phi) is 6.14. The topological polar surface area (TPSA) is 43.9 Å². The Morgan fingerprint density at radius 1 is 0.708 bits per heavy atom. The van der Waals surface area contributed by atoms with Crippen molar-refractivity contribution in [1.29, 1.82) is 0 Å². The van der Waals surface area contributed by atoms with E-state index in [0.717, 1.165) is 71.5 Å². The summed E-state index contributed by atoms with van der Waals surface area (Å²) in [6.07, 6.45) is 7.53. The average molecular weight is 335 g/mol. The van der Waals surface area contributed by atoms with Crippen LogP contribution in [0.4, 0.5) is 0 Å². The summed E-state index contributed by atoms with van der Waals surface area (Å²) in [4.78, 5) is 31.8. The molecule has 0 unspecified atom stereocenters. The smallest absolute Gasteiger partial charge is 0.225 e. The molecule has 0 N–H and O–H groups in total. The van der Waals surface area contributed by atoms with Crippen molar-refractivity contribution in [2.24, 2.45) is 11.8 Å². The maximum absolute atomic E-state index is 12.7. The summed E-state index contributed by atoms with van der Waals surface area (Å²) >= 11 is 0. The van der Waals surface area contributed by atoms with Gasteiger partial charge in [-0.3, -0.25) is 9.59 Å². The van der Waals surface area contributed by atoms with Crippen LogP contribution in [0.1, 0.15) is 51.9 Å². The number of carbonyl (C=O) groups is 2. The van der Waals surface area contributed by atoms with Crippen LogP contribution in [-0.4, -0.2) is 72.3 Å². The van der Waals surface area contributed by atoms with E-state index < -0.39 is 0 Å². The van der Waals surface area contributed by atoms with E-state index in [-0.39, 0.29) is 11.8 Å². The van der Waals surface area contributed by atoms with Crippen molar-refractivity contribution in [3.05, 3.63) is 0 Å². The van der Waals surface area contributed by atoms with Gasteiger partial charge in [0.05, 0.1) is 0 Å². The first kappa shape index (κ1) is 17.7. The second-order valence-electron chi connectivity index (χ2n) is 7.69. The van der Waals surface area contributed by atoms with E-state index >= 15 is 0 Å². The number of rotatable bonds is 3. The number of likely N-dealkylation sites (N-methyl/N-ethyl adjacent to an activating group) is 1. The van der Waals surface area contributed by atoms with E-state index in [9.17, 15) is 9.59 Å². The molecule has 2 amide bonds. The first-order valence-corrected chi connectivity index (χ1v) is 9.99. The number of hydrogen-bond acceptors (Lipinski definition) is 3. The standard InChI is InChI=1S/C19H33N3O2/c1-2-20-12-14-22(15-13-20)19(24)17-8-10-21(11-9-17)18(23)16-6-4-3-5-7-16/h16-17H,2-15H2,1H3. The van der Waals surface area contributed by atoms with Gasteiger partial charge in [-0.2, -0.15) is 0 Å². The van der Waals surface area contributed by atoms with Crippen molar-refractivity contribution in [1.82, 2.24) is 14.7 Å². The molecule has 136 valence electrons. The Labute approximate surface area is 146 Å². The van der Waals surface area contributed by atoms with Crippen LogP contribution < -0.4 is 0 Å². The number of hydrogen-bond donors (Lipinski definition) is 0. The van der Waals surface area contributed by atoms with Gasteiger partial charge in [0.1, 0.15) is 0 Å². The van der Waals surface area contributed by atoms with Crippen LogP contribution in [0.2, 0.25) is 0 Å². The highest BCUT2D eigenvalue weighted by atomic mass is 16.2. The summed E-state index contributed by atoms with van der Waals surface area (Å²) in [5.41, 5.74) is 0. The van der Waals surface area contributed by atoms with E-state index in [2.05, 4.69) is 16.7 Å². The van der Waals surface area contributed by atoms with E-state index in [1.807, 2.05) is 4.90 Å². The zero-order valence-corrected chi connectivity index (χ0v) is 15.2. The molecular weight excluding hydrogens is 302 g/mol. The lowest BCUT2D eigenvalue weighted by molar-refractivity contribution is -0.144. The molecule has 3 fully saturated rings. The first-order chi connectivity index (χ1) is 11.7. The van der Waals surface area contributed by atoms with Crippen LogP contribution in [-0.2, 0) is 9.59 Å². The van der Waals surface area contributed by atoms with E-state index in [0.29, 0.717) is 11.8 Å². The number of piperidine rings is 1. The molecule has 1 aliphatic carbocycles. The zero-order chi connectivity index (χ0) is 16.9. The molecule has 0 radical (unpaired) electrons. The highest BCUT2D eigenvalue weighted by Gasteiger charge is 2.33. The Hall–Kier alpha value is -1.10. The highest BCUT2D eigenvalue weighted by molar-refractivity contribution is 5.81. The lowest BCUT2D eigenvalue weighted by Crippen LogP contribution is -2.52. The summed E-state index contributed by atoms with van der Waals surface area (Å²) in [6.45, 7) is 8.55. The van der Waals surface area contributed by atoms with E-state index in [1.165, 1.54) is 19.3 Å². The van der Waals surface area contributed by atoms with Crippen molar-refractivity contribution in [3.8, 4) is 0 Å². The number of amides is 2. The molecule has 2 saturated heterocycles. The van der Waals surface area contributed by atoms with Gasteiger partial charge in [0.25, 0.3) is 0 Å². The molecule has 2 aliphatic heterocycles. The van der Waals surface area contributed by atoms with Crippen molar-refractivity contribution in [2.45, 2.75) is 51.9 Å². The second-order valence-corrected chi connectivity index (χ2v) is 7.69. The van der Waals surface area contributed by atoms with Gasteiger partial charge in [0.15, 0.2) is 0 Å². The van der Waals surface area contributed by atoms with Crippen LogP contribution in [0.5, 0.6) is 0 Å². The Bertz CT molecular complexity index is 432. The summed E-state index contributed by atoms with van der Waals surface area (Å²) in [5.74, 6) is 1.08. The first-order valence-electron chi connectivity index (χ1n) is 9.99. The largest absolute Gasteiger partial charge is 0.342 e. The molecule has 3 rings (SSSR count). The monoisotopic (exact) mass is 335 g/mol. The maximum atomic E-state index is 12.7. The van der Waals surface area contributed by atoms with Gasteiger partial charge in [-0.1, -0.05) is 26.2 Å². The highest BCUT2D eigenvalue weighted by Crippen LogP contribution is 2.28. The third-order valence-corrected chi connectivity index (χ3v) is 6.24. The van der Waals surface area contributed by atoms with Gasteiger partial charge in [-0.15, -0.1) is 0 Å². The van der Waals surface area contributed by atoms with Crippen LogP contribution in [0.25, 0.3) is 0 Å². The van der Waals surface area contributed by atoms with E-state index in [4.69, 9.17) is 0 Å². The molecule has 24 heavy (non-hydrogen) atoms. The fourth-order valence-corrected chi connectivity index (χ4v) is 4.50. The normalized spacial score (nSPS) is 25.0. The van der Waals surface area contributed by atoms with Crippen molar-refractivity contribution in [3.63, 3.8) is 0 Å². The van der Waals surface area contributed by atoms with Gasteiger partial charge in [-0.25, -0.2) is 0 Å². The quantitative estimate of drug-likeness (QED) is 0.792. The minimum atomic E-state index is 0.133. The molecule has 2 heterocycles. The molecule has 1 saturated carbocycles. The molecule has 0 aromatic rings. The van der Waals surface area contributed by atoms with Crippen molar-refractivity contribution >= 4 is 11.8 Å². The van der Waals surface area contributed by atoms with E-state index in [1.54, 1.807) is 0 Å². The fourth-order valence-electron chi connectivity index (χ4n) is 4.50. The Morgan fingerprint density at radius 2 is 1.21 bits per heavy atom. The Balaban J connectivity index is 1.44. The lowest BCUT2D eigenvalue weighted by Gasteiger charge is -2.39. The molecule has 5 nitrogen and oxygen atoms in total.